The molecule has 0 amide bonds. The van der Waals surface area contributed by atoms with E-state index >= 15 is 0 Å². The summed E-state index contributed by atoms with van der Waals surface area (Å²) < 4.78 is 4.82. The Hall–Kier alpha value is -8.40. The first kappa shape index (κ1) is 36.5. The van der Waals surface area contributed by atoms with Crippen LogP contribution in [0.5, 0.6) is 0 Å². The van der Waals surface area contributed by atoms with Crippen molar-refractivity contribution in [1.82, 2.24) is 9.13 Å². The van der Waals surface area contributed by atoms with Gasteiger partial charge in [0.1, 0.15) is 0 Å². The maximum absolute atomic E-state index is 2.42. The zero-order valence-corrected chi connectivity index (χ0v) is 34.5. The summed E-state index contributed by atoms with van der Waals surface area (Å²) >= 11 is 0. The van der Waals surface area contributed by atoms with Crippen molar-refractivity contribution in [2.75, 3.05) is 4.90 Å². The Bertz CT molecular complexity index is 3570. The molecule has 0 unspecified atom stereocenters. The number of hydrogen-bond donors (Lipinski definition) is 0. The lowest BCUT2D eigenvalue weighted by Crippen LogP contribution is -2.10. The van der Waals surface area contributed by atoms with Crippen LogP contribution in [0.25, 0.3) is 88.4 Å². The first-order valence-corrected chi connectivity index (χ1v) is 21.6. The third-order valence-electron chi connectivity index (χ3n) is 12.5. The summed E-state index contributed by atoms with van der Waals surface area (Å²) in [6, 6.07) is 90.1. The fourth-order valence-electron chi connectivity index (χ4n) is 9.60. The van der Waals surface area contributed by atoms with Gasteiger partial charge in [-0.15, -0.1) is 0 Å². The number of anilines is 3. The lowest BCUT2D eigenvalue weighted by molar-refractivity contribution is 1.17. The maximum Gasteiger partial charge on any atom is 0.0562 e. The van der Waals surface area contributed by atoms with Gasteiger partial charge in [-0.1, -0.05) is 164 Å². The molecule has 296 valence electrons. The monoisotopic (exact) mass is 803 g/mol. The van der Waals surface area contributed by atoms with Gasteiger partial charge in [0.15, 0.2) is 0 Å². The molecule has 0 aliphatic carbocycles. The molecule has 0 saturated heterocycles. The van der Waals surface area contributed by atoms with E-state index in [-0.39, 0.29) is 0 Å². The van der Waals surface area contributed by atoms with Gasteiger partial charge in [-0.05, 0) is 118 Å². The molecule has 0 atom stereocenters. The topological polar surface area (TPSA) is 13.1 Å². The van der Waals surface area contributed by atoms with Crippen molar-refractivity contribution >= 4 is 60.7 Å². The van der Waals surface area contributed by atoms with Gasteiger partial charge in [0, 0.05) is 50.0 Å². The Morgan fingerprint density at radius 2 is 0.746 bits per heavy atom. The quantitative estimate of drug-likeness (QED) is 0.149. The van der Waals surface area contributed by atoms with Crippen molar-refractivity contribution in [3.63, 3.8) is 0 Å². The molecule has 0 saturated carbocycles. The van der Waals surface area contributed by atoms with Crippen LogP contribution in [0.3, 0.4) is 0 Å². The summed E-state index contributed by atoms with van der Waals surface area (Å²) in [5.74, 6) is 0. The lowest BCUT2D eigenvalue weighted by Gasteiger charge is -2.26. The molecule has 3 heteroatoms. The average molecular weight is 804 g/mol. The van der Waals surface area contributed by atoms with Gasteiger partial charge in [-0.2, -0.15) is 0 Å². The van der Waals surface area contributed by atoms with E-state index in [0.717, 1.165) is 34.0 Å². The Labute approximate surface area is 366 Å². The predicted molar refractivity (Wildman–Crippen MR) is 266 cm³/mol. The van der Waals surface area contributed by atoms with E-state index < -0.39 is 0 Å². The molecule has 63 heavy (non-hydrogen) atoms. The molecular weight excluding hydrogens is 763 g/mol. The first-order valence-electron chi connectivity index (χ1n) is 21.6. The van der Waals surface area contributed by atoms with Gasteiger partial charge in [0.2, 0.25) is 0 Å². The highest BCUT2D eigenvalue weighted by atomic mass is 15.1. The minimum atomic E-state index is 1.07. The van der Waals surface area contributed by atoms with E-state index in [2.05, 4.69) is 263 Å². The van der Waals surface area contributed by atoms with Crippen LogP contribution < -0.4 is 4.90 Å². The molecule has 0 aliphatic heterocycles. The normalized spacial score (nSPS) is 11.5. The molecule has 0 radical (unpaired) electrons. The van der Waals surface area contributed by atoms with E-state index in [4.69, 9.17) is 0 Å². The van der Waals surface area contributed by atoms with Gasteiger partial charge in [-0.25, -0.2) is 0 Å². The molecule has 12 aromatic rings. The minimum Gasteiger partial charge on any atom is -0.310 e. The summed E-state index contributed by atoms with van der Waals surface area (Å²) in [5, 5.41) is 4.95. The van der Waals surface area contributed by atoms with Crippen LogP contribution in [0.2, 0.25) is 0 Å². The van der Waals surface area contributed by atoms with Crippen molar-refractivity contribution in [2.45, 2.75) is 0 Å². The van der Waals surface area contributed by atoms with Crippen LogP contribution in [0.4, 0.5) is 17.1 Å². The number of aromatic nitrogens is 2. The summed E-state index contributed by atoms with van der Waals surface area (Å²) in [7, 11) is 0. The van der Waals surface area contributed by atoms with Crippen LogP contribution in [0, 0.1) is 0 Å². The molecule has 0 fully saturated rings. The molecule has 12 rings (SSSR count). The number of nitrogens with zero attached hydrogens (tertiary/aromatic N) is 3. The van der Waals surface area contributed by atoms with Crippen molar-refractivity contribution in [3.05, 3.63) is 249 Å². The molecule has 10 aromatic carbocycles. The van der Waals surface area contributed by atoms with Crippen LogP contribution in [-0.4, -0.2) is 9.13 Å². The zero-order valence-electron chi connectivity index (χ0n) is 34.5. The molecule has 0 spiro atoms. The van der Waals surface area contributed by atoms with Crippen LogP contribution in [-0.2, 0) is 0 Å². The van der Waals surface area contributed by atoms with E-state index in [1.807, 2.05) is 0 Å². The van der Waals surface area contributed by atoms with E-state index in [1.165, 1.54) is 71.5 Å². The Morgan fingerprint density at radius 1 is 0.254 bits per heavy atom. The van der Waals surface area contributed by atoms with Gasteiger partial charge < -0.3 is 14.0 Å². The molecule has 0 bridgehead atoms. The molecule has 2 heterocycles. The second-order valence-corrected chi connectivity index (χ2v) is 16.2. The predicted octanol–water partition coefficient (Wildman–Crippen LogP) is 16.4. The maximum atomic E-state index is 2.42. The standard InChI is InChI=1S/C60H41N3/c1-5-16-42(17-6-1)44-28-31-48(32-29-44)61(49-33-35-50(36-34-49)62-56-26-14-13-24-53(56)55-40-46(30-39-57(55)62)43-18-7-2-8-19-43)51-37-38-54-59(41-51)63(47-22-11-4-12-23-47)58-27-15-25-52(60(54)58)45-20-9-3-10-21-45/h1-41H. The van der Waals surface area contributed by atoms with E-state index in [9.17, 15) is 0 Å². The third-order valence-corrected chi connectivity index (χ3v) is 12.5. The highest BCUT2D eigenvalue weighted by Gasteiger charge is 2.21. The van der Waals surface area contributed by atoms with Crippen molar-refractivity contribution in [2.24, 2.45) is 0 Å². The number of para-hydroxylation sites is 2. The van der Waals surface area contributed by atoms with E-state index in [1.54, 1.807) is 0 Å². The molecule has 3 nitrogen and oxygen atoms in total. The van der Waals surface area contributed by atoms with Crippen molar-refractivity contribution < 1.29 is 0 Å². The van der Waals surface area contributed by atoms with Gasteiger partial charge >= 0.3 is 0 Å². The van der Waals surface area contributed by atoms with Crippen molar-refractivity contribution in [1.29, 1.82) is 0 Å². The SMILES string of the molecule is c1ccc(-c2ccc(N(c3ccc(-n4c5ccccc5c5cc(-c6ccccc6)ccc54)cc3)c3ccc4c5c(-c6ccccc6)cccc5n(-c5ccccc5)c4c3)cc2)cc1. The average Bonchev–Trinajstić information content (AvgIpc) is 3.88. The summed E-state index contributed by atoms with van der Waals surface area (Å²) in [6.45, 7) is 0. The first-order chi connectivity index (χ1) is 31.3. The fraction of sp³-hybridized carbons (Fsp3) is 0. The summed E-state index contributed by atoms with van der Waals surface area (Å²) in [4.78, 5) is 2.39. The van der Waals surface area contributed by atoms with Gasteiger partial charge in [-0.3, -0.25) is 0 Å². The molecular formula is C60H41N3. The number of hydrogen-bond acceptors (Lipinski definition) is 1. The minimum absolute atomic E-state index is 1.07. The van der Waals surface area contributed by atoms with Crippen LogP contribution in [0.15, 0.2) is 249 Å². The highest BCUT2D eigenvalue weighted by molar-refractivity contribution is 6.16. The van der Waals surface area contributed by atoms with E-state index in [0.29, 0.717) is 0 Å². The Balaban J connectivity index is 1.03. The molecule has 2 aromatic heterocycles. The smallest absolute Gasteiger partial charge is 0.0562 e. The largest absolute Gasteiger partial charge is 0.310 e. The lowest BCUT2D eigenvalue weighted by atomic mass is 9.99. The van der Waals surface area contributed by atoms with Gasteiger partial charge in [0.25, 0.3) is 0 Å². The van der Waals surface area contributed by atoms with Gasteiger partial charge in [0.05, 0.1) is 22.1 Å². The highest BCUT2D eigenvalue weighted by Crippen LogP contribution is 2.43. The molecule has 0 N–H and O–H groups in total. The summed E-state index contributed by atoms with van der Waals surface area (Å²) in [5.41, 5.74) is 17.4. The molecule has 0 aliphatic rings. The van der Waals surface area contributed by atoms with Crippen LogP contribution >= 0.6 is 0 Å². The Kier molecular flexibility index (Phi) is 8.83. The van der Waals surface area contributed by atoms with Crippen molar-refractivity contribution in [3.8, 4) is 44.8 Å². The number of rotatable bonds is 8. The summed E-state index contributed by atoms with van der Waals surface area (Å²) in [6.07, 6.45) is 0. The van der Waals surface area contributed by atoms with Crippen LogP contribution in [0.1, 0.15) is 0 Å². The second kappa shape index (κ2) is 15.3. The Morgan fingerprint density at radius 3 is 1.44 bits per heavy atom. The fourth-order valence-corrected chi connectivity index (χ4v) is 9.60. The third kappa shape index (κ3) is 6.29. The zero-order chi connectivity index (χ0) is 41.7. The number of fused-ring (bicyclic) bond motifs is 6. The number of benzene rings is 10. The second-order valence-electron chi connectivity index (χ2n) is 16.2.